The zero-order valence-electron chi connectivity index (χ0n) is 10.9. The smallest absolute Gasteiger partial charge is 0.119 e. The van der Waals surface area contributed by atoms with Crippen molar-refractivity contribution in [3.05, 3.63) is 29.3 Å². The third-order valence-electron chi connectivity index (χ3n) is 3.99. The van der Waals surface area contributed by atoms with E-state index in [1.807, 2.05) is 6.07 Å². The van der Waals surface area contributed by atoms with Gasteiger partial charge in [-0.1, -0.05) is 6.07 Å². The highest BCUT2D eigenvalue weighted by atomic mass is 16.5. The fraction of sp³-hybridized carbons (Fsp3) is 0.600. The molecule has 3 nitrogen and oxygen atoms in total. The molecule has 0 spiro atoms. The topological polar surface area (TPSA) is 44.5 Å². The summed E-state index contributed by atoms with van der Waals surface area (Å²) < 4.78 is 11.6. The minimum atomic E-state index is 0.216. The van der Waals surface area contributed by atoms with Crippen LogP contribution in [-0.4, -0.2) is 18.8 Å². The van der Waals surface area contributed by atoms with Crippen molar-refractivity contribution >= 4 is 0 Å². The van der Waals surface area contributed by atoms with Crippen LogP contribution in [-0.2, 0) is 11.2 Å². The van der Waals surface area contributed by atoms with E-state index >= 15 is 0 Å². The predicted octanol–water partition coefficient (Wildman–Crippen LogP) is 2.58. The lowest BCUT2D eigenvalue weighted by Crippen LogP contribution is -2.17. The number of rotatable bonds is 3. The number of benzene rings is 1. The monoisotopic (exact) mass is 247 g/mol. The standard InChI is InChI=1S/C15H21NO2/c1-10-2-4-13(18-10)9-17-12-5-6-14-11(8-12)3-7-15(14)16/h5-6,8,10,13,15H,2-4,7,9,16H2,1H3. The Morgan fingerprint density at radius 2 is 2.22 bits per heavy atom. The van der Waals surface area contributed by atoms with Gasteiger partial charge in [0.05, 0.1) is 12.2 Å². The van der Waals surface area contributed by atoms with Crippen molar-refractivity contribution in [1.29, 1.82) is 0 Å². The molecule has 1 fully saturated rings. The number of ether oxygens (including phenoxy) is 2. The van der Waals surface area contributed by atoms with E-state index in [2.05, 4.69) is 19.1 Å². The first-order valence-corrected chi connectivity index (χ1v) is 6.89. The van der Waals surface area contributed by atoms with E-state index < -0.39 is 0 Å². The Bertz CT molecular complexity index is 433. The molecule has 18 heavy (non-hydrogen) atoms. The summed E-state index contributed by atoms with van der Waals surface area (Å²) >= 11 is 0. The van der Waals surface area contributed by atoms with E-state index in [0.717, 1.165) is 31.4 Å². The van der Waals surface area contributed by atoms with Crippen LogP contribution >= 0.6 is 0 Å². The van der Waals surface area contributed by atoms with E-state index in [9.17, 15) is 0 Å². The Morgan fingerprint density at radius 3 is 3.00 bits per heavy atom. The summed E-state index contributed by atoms with van der Waals surface area (Å²) in [6.45, 7) is 2.78. The van der Waals surface area contributed by atoms with Gasteiger partial charge in [-0.3, -0.25) is 0 Å². The fourth-order valence-corrected chi connectivity index (χ4v) is 2.91. The average molecular weight is 247 g/mol. The average Bonchev–Trinajstić information content (AvgIpc) is 2.94. The van der Waals surface area contributed by atoms with Crippen molar-refractivity contribution in [2.75, 3.05) is 6.61 Å². The summed E-state index contributed by atoms with van der Waals surface area (Å²) in [6, 6.07) is 6.50. The summed E-state index contributed by atoms with van der Waals surface area (Å²) in [5, 5.41) is 0. The number of hydrogen-bond donors (Lipinski definition) is 1. The highest BCUT2D eigenvalue weighted by Crippen LogP contribution is 2.32. The van der Waals surface area contributed by atoms with Gasteiger partial charge in [-0.25, -0.2) is 0 Å². The van der Waals surface area contributed by atoms with Crippen LogP contribution in [0.1, 0.15) is 43.4 Å². The molecule has 1 saturated heterocycles. The molecule has 1 aliphatic heterocycles. The highest BCUT2D eigenvalue weighted by Gasteiger charge is 2.23. The molecule has 0 amide bonds. The number of aryl methyl sites for hydroxylation is 1. The molecular weight excluding hydrogens is 226 g/mol. The summed E-state index contributed by atoms with van der Waals surface area (Å²) in [5.74, 6) is 0.950. The molecular formula is C15H21NO2. The minimum Gasteiger partial charge on any atom is -0.491 e. The van der Waals surface area contributed by atoms with Gasteiger partial charge < -0.3 is 15.2 Å². The zero-order chi connectivity index (χ0) is 12.5. The largest absolute Gasteiger partial charge is 0.491 e. The van der Waals surface area contributed by atoms with E-state index in [0.29, 0.717) is 12.7 Å². The Hall–Kier alpha value is -1.06. The van der Waals surface area contributed by atoms with Crippen LogP contribution in [0.2, 0.25) is 0 Å². The van der Waals surface area contributed by atoms with E-state index in [-0.39, 0.29) is 12.1 Å². The lowest BCUT2D eigenvalue weighted by Gasteiger charge is -2.13. The maximum atomic E-state index is 6.02. The van der Waals surface area contributed by atoms with Crippen LogP contribution in [0, 0.1) is 0 Å². The highest BCUT2D eigenvalue weighted by molar-refractivity contribution is 5.40. The first-order chi connectivity index (χ1) is 8.72. The van der Waals surface area contributed by atoms with Crippen molar-refractivity contribution < 1.29 is 9.47 Å². The van der Waals surface area contributed by atoms with Gasteiger partial charge in [-0.2, -0.15) is 0 Å². The molecule has 1 heterocycles. The molecule has 1 aliphatic carbocycles. The molecule has 0 aromatic heterocycles. The molecule has 0 saturated carbocycles. The lowest BCUT2D eigenvalue weighted by molar-refractivity contribution is 0.0264. The second-order valence-corrected chi connectivity index (χ2v) is 5.46. The van der Waals surface area contributed by atoms with Crippen LogP contribution in [0.4, 0.5) is 0 Å². The minimum absolute atomic E-state index is 0.216. The summed E-state index contributed by atoms with van der Waals surface area (Å²) in [4.78, 5) is 0. The quantitative estimate of drug-likeness (QED) is 0.893. The van der Waals surface area contributed by atoms with Crippen LogP contribution < -0.4 is 10.5 Å². The fourth-order valence-electron chi connectivity index (χ4n) is 2.91. The summed E-state index contributed by atoms with van der Waals surface area (Å²) in [5.41, 5.74) is 8.66. The van der Waals surface area contributed by atoms with Crippen LogP contribution in [0.3, 0.4) is 0 Å². The second kappa shape index (κ2) is 4.90. The van der Waals surface area contributed by atoms with Crippen molar-refractivity contribution in [2.45, 2.75) is 50.9 Å². The van der Waals surface area contributed by atoms with Gasteiger partial charge in [0.2, 0.25) is 0 Å². The maximum absolute atomic E-state index is 6.02. The van der Waals surface area contributed by atoms with Crippen molar-refractivity contribution in [3.63, 3.8) is 0 Å². The molecule has 98 valence electrons. The Balaban J connectivity index is 1.60. The third kappa shape index (κ3) is 2.38. The Kier molecular flexibility index (Phi) is 3.27. The summed E-state index contributed by atoms with van der Waals surface area (Å²) in [7, 11) is 0. The van der Waals surface area contributed by atoms with Gasteiger partial charge in [-0.05, 0) is 55.9 Å². The van der Waals surface area contributed by atoms with Gasteiger partial charge in [-0.15, -0.1) is 0 Å². The third-order valence-corrected chi connectivity index (χ3v) is 3.99. The van der Waals surface area contributed by atoms with Crippen molar-refractivity contribution in [1.82, 2.24) is 0 Å². The molecule has 0 bridgehead atoms. The second-order valence-electron chi connectivity index (χ2n) is 5.46. The molecule has 2 aliphatic rings. The van der Waals surface area contributed by atoms with E-state index in [4.69, 9.17) is 15.2 Å². The lowest BCUT2D eigenvalue weighted by atomic mass is 10.1. The molecule has 0 radical (unpaired) electrons. The maximum Gasteiger partial charge on any atom is 0.119 e. The summed E-state index contributed by atoms with van der Waals surface area (Å²) in [6.07, 6.45) is 5.03. The first-order valence-electron chi connectivity index (χ1n) is 6.89. The molecule has 3 rings (SSSR count). The predicted molar refractivity (Wildman–Crippen MR) is 70.8 cm³/mol. The number of nitrogens with two attached hydrogens (primary N) is 1. The van der Waals surface area contributed by atoms with E-state index in [1.165, 1.54) is 11.1 Å². The van der Waals surface area contributed by atoms with Crippen LogP contribution in [0.25, 0.3) is 0 Å². The number of hydrogen-bond acceptors (Lipinski definition) is 3. The number of fused-ring (bicyclic) bond motifs is 1. The SMILES string of the molecule is CC1CCC(COc2ccc3c(c2)CCC3N)O1. The van der Waals surface area contributed by atoms with Gasteiger partial charge in [0, 0.05) is 6.04 Å². The van der Waals surface area contributed by atoms with E-state index in [1.54, 1.807) is 0 Å². The van der Waals surface area contributed by atoms with Gasteiger partial charge in [0.25, 0.3) is 0 Å². The Labute approximate surface area is 108 Å². The molecule has 3 atom stereocenters. The Morgan fingerprint density at radius 1 is 1.33 bits per heavy atom. The van der Waals surface area contributed by atoms with Crippen molar-refractivity contribution in [3.8, 4) is 5.75 Å². The van der Waals surface area contributed by atoms with Gasteiger partial charge in [0.1, 0.15) is 12.4 Å². The molecule has 2 N–H and O–H groups in total. The first kappa shape index (κ1) is 12.0. The van der Waals surface area contributed by atoms with Crippen LogP contribution in [0.15, 0.2) is 18.2 Å². The van der Waals surface area contributed by atoms with Gasteiger partial charge in [0.15, 0.2) is 0 Å². The molecule has 1 aromatic rings. The molecule has 1 aromatic carbocycles. The van der Waals surface area contributed by atoms with Crippen molar-refractivity contribution in [2.24, 2.45) is 5.73 Å². The normalized spacial score (nSPS) is 30.4. The zero-order valence-corrected chi connectivity index (χ0v) is 10.9. The molecule has 3 unspecified atom stereocenters. The molecule has 3 heteroatoms. The van der Waals surface area contributed by atoms with Crippen LogP contribution in [0.5, 0.6) is 5.75 Å². The van der Waals surface area contributed by atoms with Gasteiger partial charge >= 0.3 is 0 Å².